The lowest BCUT2D eigenvalue weighted by Crippen LogP contribution is -2.38. The summed E-state index contributed by atoms with van der Waals surface area (Å²) in [6.07, 6.45) is 0.586. The molecule has 33 heavy (non-hydrogen) atoms. The summed E-state index contributed by atoms with van der Waals surface area (Å²) in [5.74, 6) is 0.641. The van der Waals surface area contributed by atoms with Crippen LogP contribution >= 0.6 is 0 Å². The number of carbonyl (C=O) groups is 1. The van der Waals surface area contributed by atoms with Crippen LogP contribution in [0.15, 0.2) is 44.3 Å². The highest BCUT2D eigenvalue weighted by Gasteiger charge is 2.23. The molecule has 0 saturated heterocycles. The van der Waals surface area contributed by atoms with Crippen molar-refractivity contribution < 1.29 is 14.3 Å². The van der Waals surface area contributed by atoms with E-state index in [-0.39, 0.29) is 34.4 Å². The van der Waals surface area contributed by atoms with Crippen LogP contribution in [0.3, 0.4) is 0 Å². The van der Waals surface area contributed by atoms with E-state index in [1.807, 2.05) is 26.0 Å². The molecular formula is C23H29N5O5. The number of phenolic OH excluding ortho intramolecular Hbond substituents is 1. The summed E-state index contributed by atoms with van der Waals surface area (Å²) in [7, 11) is 6.10. The van der Waals surface area contributed by atoms with Gasteiger partial charge in [0.05, 0.1) is 17.3 Å². The monoisotopic (exact) mass is 455 g/mol. The molecule has 0 aliphatic rings. The summed E-state index contributed by atoms with van der Waals surface area (Å²) in [6.45, 7) is 3.75. The maximum Gasteiger partial charge on any atom is 0.290 e. The Hall–Kier alpha value is -3.95. The van der Waals surface area contributed by atoms with Gasteiger partial charge >= 0.3 is 0 Å². The van der Waals surface area contributed by atoms with Crippen LogP contribution in [0.2, 0.25) is 0 Å². The first-order chi connectivity index (χ1) is 15.6. The molecule has 1 amide bonds. The van der Waals surface area contributed by atoms with E-state index in [0.29, 0.717) is 12.2 Å². The molecule has 0 aliphatic carbocycles. The molecular weight excluding hydrogens is 426 g/mol. The number of rotatable bonds is 7. The van der Waals surface area contributed by atoms with Gasteiger partial charge in [0.2, 0.25) is 0 Å². The number of aromatic nitrogens is 2. The second-order valence-corrected chi connectivity index (χ2v) is 7.99. The lowest BCUT2D eigenvalue weighted by atomic mass is 10.1. The molecule has 0 fully saturated rings. The normalized spacial score (nSPS) is 11.8. The minimum absolute atomic E-state index is 0.0326. The second-order valence-electron chi connectivity index (χ2n) is 7.99. The molecule has 0 unspecified atom stereocenters. The number of nitrogens with one attached hydrogen (secondary N) is 2. The number of aryl methyl sites for hydroxylation is 1. The van der Waals surface area contributed by atoms with Crippen LogP contribution in [-0.4, -0.2) is 39.4 Å². The third kappa shape index (κ3) is 4.50. The molecule has 2 heterocycles. The zero-order valence-corrected chi connectivity index (χ0v) is 19.6. The number of para-hydroxylation sites is 1. The minimum Gasteiger partial charge on any atom is -0.505 e. The third-order valence-electron chi connectivity index (χ3n) is 5.48. The van der Waals surface area contributed by atoms with Crippen molar-refractivity contribution in [3.8, 4) is 5.75 Å². The summed E-state index contributed by atoms with van der Waals surface area (Å²) >= 11 is 0. The highest BCUT2D eigenvalue weighted by molar-refractivity contribution is 5.98. The number of hydrogen-bond donors (Lipinski definition) is 3. The lowest BCUT2D eigenvalue weighted by molar-refractivity contribution is 0.0824. The first-order valence-electron chi connectivity index (χ1n) is 10.5. The van der Waals surface area contributed by atoms with Gasteiger partial charge in [0.1, 0.15) is 22.9 Å². The van der Waals surface area contributed by atoms with Gasteiger partial charge in [0.25, 0.3) is 17.0 Å². The fraction of sp³-hybridized carbons (Fsp3) is 0.348. The Morgan fingerprint density at radius 3 is 2.27 bits per heavy atom. The number of aromatic hydroxyl groups is 1. The molecule has 3 rings (SSSR count). The van der Waals surface area contributed by atoms with Crippen LogP contribution in [0.1, 0.15) is 41.3 Å². The molecule has 0 aliphatic heterocycles. The Balaban J connectivity index is 2.13. The number of nitrogens with zero attached hydrogens (tertiary/aromatic N) is 3. The third-order valence-corrected chi connectivity index (χ3v) is 5.48. The van der Waals surface area contributed by atoms with Crippen molar-refractivity contribution in [2.75, 3.05) is 24.7 Å². The molecule has 10 nitrogen and oxygen atoms in total. The Bertz CT molecular complexity index is 1300. The number of benzene rings is 1. The summed E-state index contributed by atoms with van der Waals surface area (Å²) < 4.78 is 8.08. The Labute approximate surface area is 191 Å². The summed E-state index contributed by atoms with van der Waals surface area (Å²) in [4.78, 5) is 40.0. The smallest absolute Gasteiger partial charge is 0.290 e. The van der Waals surface area contributed by atoms with E-state index in [9.17, 15) is 19.5 Å². The van der Waals surface area contributed by atoms with Crippen LogP contribution < -0.4 is 21.8 Å². The molecule has 176 valence electrons. The molecule has 3 N–H and O–H groups in total. The van der Waals surface area contributed by atoms with Gasteiger partial charge < -0.3 is 25.1 Å². The number of furan rings is 1. The topological polar surface area (TPSA) is 122 Å². The van der Waals surface area contributed by atoms with Crippen molar-refractivity contribution >= 4 is 23.0 Å². The van der Waals surface area contributed by atoms with E-state index >= 15 is 0 Å². The zero-order chi connectivity index (χ0) is 24.4. The number of carbonyl (C=O) groups excluding carboxylic acids is 1. The molecule has 0 saturated carbocycles. The van der Waals surface area contributed by atoms with Gasteiger partial charge in [-0.15, -0.1) is 0 Å². The SMILES string of the molecule is CC[C@@H](Nc1c(Nc2cccc(C(=O)N(C)C)c2O)c(=O)n(C)n(C)c1=O)c1ccc(C)o1. The minimum atomic E-state index is -0.492. The fourth-order valence-electron chi connectivity index (χ4n) is 3.44. The standard InChI is InChI=1S/C23H29N5O5/c1-7-15(17-12-11-13(2)33-17)24-18-19(23(32)28(6)27(5)22(18)31)25-16-10-8-9-14(20(16)29)21(30)26(3)4/h8-12,15,24-25,29H,7H2,1-6H3/t15-/m1/s1. The van der Waals surface area contributed by atoms with Crippen molar-refractivity contribution in [1.29, 1.82) is 0 Å². The molecule has 0 bridgehead atoms. The van der Waals surface area contributed by atoms with E-state index in [1.165, 1.54) is 40.5 Å². The highest BCUT2D eigenvalue weighted by atomic mass is 16.3. The van der Waals surface area contributed by atoms with Crippen LogP contribution in [0.25, 0.3) is 0 Å². The Morgan fingerprint density at radius 1 is 1.09 bits per heavy atom. The van der Waals surface area contributed by atoms with Crippen molar-refractivity contribution in [2.24, 2.45) is 14.1 Å². The van der Waals surface area contributed by atoms with Gasteiger partial charge in [-0.2, -0.15) is 0 Å². The number of anilines is 3. The predicted octanol–water partition coefficient (Wildman–Crippen LogP) is 2.70. The van der Waals surface area contributed by atoms with Crippen LogP contribution in [0.4, 0.5) is 17.1 Å². The van der Waals surface area contributed by atoms with E-state index < -0.39 is 17.0 Å². The average molecular weight is 456 g/mol. The van der Waals surface area contributed by atoms with Crippen LogP contribution in [-0.2, 0) is 14.1 Å². The highest BCUT2D eigenvalue weighted by Crippen LogP contribution is 2.32. The molecule has 10 heteroatoms. The summed E-state index contributed by atoms with van der Waals surface area (Å²) in [5.41, 5.74) is -0.761. The molecule has 1 aromatic carbocycles. The quantitative estimate of drug-likeness (QED) is 0.468. The van der Waals surface area contributed by atoms with Crippen molar-refractivity contribution in [1.82, 2.24) is 14.3 Å². The van der Waals surface area contributed by atoms with E-state index in [2.05, 4.69) is 10.6 Å². The van der Waals surface area contributed by atoms with Crippen LogP contribution in [0, 0.1) is 6.92 Å². The summed E-state index contributed by atoms with van der Waals surface area (Å²) in [6, 6.07) is 7.86. The number of amides is 1. The molecule has 3 aromatic rings. The van der Waals surface area contributed by atoms with Crippen molar-refractivity contribution in [3.63, 3.8) is 0 Å². The number of phenols is 1. The predicted molar refractivity (Wildman–Crippen MR) is 126 cm³/mol. The summed E-state index contributed by atoms with van der Waals surface area (Å²) in [5, 5.41) is 16.7. The van der Waals surface area contributed by atoms with Gasteiger partial charge in [0.15, 0.2) is 5.75 Å². The van der Waals surface area contributed by atoms with Crippen LogP contribution in [0.5, 0.6) is 5.75 Å². The van der Waals surface area contributed by atoms with E-state index in [4.69, 9.17) is 4.42 Å². The van der Waals surface area contributed by atoms with Gasteiger partial charge in [-0.1, -0.05) is 13.0 Å². The first-order valence-corrected chi connectivity index (χ1v) is 10.5. The fourth-order valence-corrected chi connectivity index (χ4v) is 3.44. The average Bonchev–Trinajstić information content (AvgIpc) is 3.22. The largest absolute Gasteiger partial charge is 0.505 e. The second kappa shape index (κ2) is 9.27. The van der Waals surface area contributed by atoms with Gasteiger partial charge in [0, 0.05) is 28.2 Å². The number of hydrogen-bond acceptors (Lipinski definition) is 7. The van der Waals surface area contributed by atoms with Gasteiger partial charge in [-0.05, 0) is 37.6 Å². The molecule has 0 spiro atoms. The van der Waals surface area contributed by atoms with E-state index in [1.54, 1.807) is 20.2 Å². The Kier molecular flexibility index (Phi) is 6.66. The van der Waals surface area contributed by atoms with Crippen molar-refractivity contribution in [3.05, 3.63) is 68.1 Å². The molecule has 0 radical (unpaired) electrons. The molecule has 1 atom stereocenters. The van der Waals surface area contributed by atoms with E-state index in [0.717, 1.165) is 5.76 Å². The van der Waals surface area contributed by atoms with Gasteiger partial charge in [-0.3, -0.25) is 14.4 Å². The first kappa shape index (κ1) is 23.7. The Morgan fingerprint density at radius 2 is 1.73 bits per heavy atom. The lowest BCUT2D eigenvalue weighted by Gasteiger charge is -2.21. The molecule has 2 aromatic heterocycles. The van der Waals surface area contributed by atoms with Gasteiger partial charge in [-0.25, -0.2) is 9.36 Å². The maximum absolute atomic E-state index is 13.1. The van der Waals surface area contributed by atoms with Crippen molar-refractivity contribution in [2.45, 2.75) is 26.3 Å². The maximum atomic E-state index is 13.1. The zero-order valence-electron chi connectivity index (χ0n) is 19.6.